The van der Waals surface area contributed by atoms with Crippen LogP contribution in [-0.4, -0.2) is 59.4 Å². The lowest BCUT2D eigenvalue weighted by Gasteiger charge is -2.43. The molecule has 0 saturated heterocycles. The van der Waals surface area contributed by atoms with Gasteiger partial charge in [-0.1, -0.05) is 63.6 Å². The number of nitrogens with two attached hydrogens (primary N) is 1. The van der Waals surface area contributed by atoms with E-state index < -0.39 is 31.0 Å². The molecule has 5 N–H and O–H groups in total. The number of aliphatic imine (C=N–C) groups is 1. The number of carbonyl (C=O) groups excluding carboxylic acids is 1. The molecule has 1 aliphatic rings. The number of carbonyl (C=O) groups is 1. The largest absolute Gasteiger partial charge is 0.508 e. The number of fused-ring (bicyclic) bond motifs is 1. The van der Waals surface area contributed by atoms with Crippen molar-refractivity contribution in [3.05, 3.63) is 53.6 Å². The molecular formula is C32H43F5N4O4. The predicted molar refractivity (Wildman–Crippen MR) is 162 cm³/mol. The molecule has 0 bridgehead atoms. The maximum Gasteiger partial charge on any atom is 0.453 e. The number of primary amides is 1. The van der Waals surface area contributed by atoms with Crippen LogP contribution in [0, 0.1) is 0 Å². The van der Waals surface area contributed by atoms with Crippen molar-refractivity contribution in [2.45, 2.75) is 94.6 Å². The van der Waals surface area contributed by atoms with E-state index in [1.807, 2.05) is 18.2 Å². The lowest BCUT2D eigenvalue weighted by Crippen LogP contribution is -2.46. The van der Waals surface area contributed by atoms with Gasteiger partial charge in [-0.05, 0) is 48.6 Å². The van der Waals surface area contributed by atoms with Crippen LogP contribution in [-0.2, 0) is 5.41 Å². The summed E-state index contributed by atoms with van der Waals surface area (Å²) in [7, 11) is 0. The molecule has 2 aromatic rings. The number of aromatic hydroxyl groups is 2. The van der Waals surface area contributed by atoms with Crippen molar-refractivity contribution in [3.63, 3.8) is 0 Å². The van der Waals surface area contributed by atoms with Gasteiger partial charge in [0.05, 0.1) is 6.61 Å². The summed E-state index contributed by atoms with van der Waals surface area (Å²) in [6, 6.07) is 11.6. The Balaban J connectivity index is 1.35. The Labute approximate surface area is 260 Å². The first-order valence-electron chi connectivity index (χ1n) is 15.3. The van der Waals surface area contributed by atoms with Crippen LogP contribution in [0.15, 0.2) is 47.5 Å². The van der Waals surface area contributed by atoms with Gasteiger partial charge in [0.15, 0.2) is 0 Å². The molecule has 2 atom stereocenters. The number of benzene rings is 2. The third-order valence-corrected chi connectivity index (χ3v) is 8.27. The molecule has 0 fully saturated rings. The lowest BCUT2D eigenvalue weighted by atomic mass is 9.66. The Hall–Kier alpha value is -3.61. The molecule has 1 heterocycles. The third kappa shape index (κ3) is 10.2. The summed E-state index contributed by atoms with van der Waals surface area (Å²) in [5.41, 5.74) is 9.47. The number of nitrogens with one attached hydrogen (secondary N) is 1. The minimum Gasteiger partial charge on any atom is -0.508 e. The minimum atomic E-state index is -5.61. The van der Waals surface area contributed by atoms with Gasteiger partial charge in [0.25, 0.3) is 0 Å². The number of phenols is 2. The molecular weight excluding hydrogens is 599 g/mol. The quantitative estimate of drug-likeness (QED) is 0.0467. The number of amides is 2. The van der Waals surface area contributed by atoms with Gasteiger partial charge < -0.3 is 20.7 Å². The van der Waals surface area contributed by atoms with E-state index in [1.54, 1.807) is 24.3 Å². The molecule has 13 heteroatoms. The van der Waals surface area contributed by atoms with Crippen molar-refractivity contribution >= 4 is 12.4 Å². The summed E-state index contributed by atoms with van der Waals surface area (Å²) in [5.74, 6) is -3.52. The number of hydrogen-bond acceptors (Lipinski definition) is 6. The average molecular weight is 643 g/mol. The zero-order valence-corrected chi connectivity index (χ0v) is 25.5. The van der Waals surface area contributed by atoms with Gasteiger partial charge in [0.2, 0.25) is 0 Å². The van der Waals surface area contributed by atoms with Gasteiger partial charge in [0, 0.05) is 36.9 Å². The van der Waals surface area contributed by atoms with Crippen LogP contribution in [0.5, 0.6) is 17.2 Å². The number of unbranched alkanes of at least 4 members (excludes halogenated alkanes) is 6. The molecule has 0 saturated carbocycles. The van der Waals surface area contributed by atoms with Crippen molar-refractivity contribution in [1.29, 1.82) is 0 Å². The van der Waals surface area contributed by atoms with E-state index in [1.165, 1.54) is 0 Å². The van der Waals surface area contributed by atoms with Gasteiger partial charge in [-0.2, -0.15) is 22.0 Å². The highest BCUT2D eigenvalue weighted by molar-refractivity contribution is 5.84. The van der Waals surface area contributed by atoms with Crippen LogP contribution in [0.25, 0.3) is 0 Å². The van der Waals surface area contributed by atoms with E-state index in [4.69, 9.17) is 10.5 Å². The number of hydrogen-bond donors (Lipinski definition) is 4. The molecule has 2 aromatic carbocycles. The third-order valence-electron chi connectivity index (χ3n) is 8.27. The van der Waals surface area contributed by atoms with Gasteiger partial charge in [-0.15, -0.1) is 0 Å². The number of hydrazine groups is 1. The predicted octanol–water partition coefficient (Wildman–Crippen LogP) is 7.54. The number of ether oxygens (including phenoxy) is 1. The number of urea groups is 1. The second kappa shape index (κ2) is 16.1. The van der Waals surface area contributed by atoms with E-state index in [2.05, 4.69) is 17.3 Å². The molecule has 2 amide bonds. The molecule has 0 aliphatic carbocycles. The van der Waals surface area contributed by atoms with Crippen molar-refractivity contribution in [2.75, 3.05) is 19.7 Å². The Kier molecular flexibility index (Phi) is 12.8. The van der Waals surface area contributed by atoms with Gasteiger partial charge >= 0.3 is 18.1 Å². The van der Waals surface area contributed by atoms with Crippen LogP contribution in [0.1, 0.15) is 88.2 Å². The first-order chi connectivity index (χ1) is 21.2. The number of alkyl halides is 5. The topological polar surface area (TPSA) is 120 Å². The highest BCUT2D eigenvalue weighted by atomic mass is 19.4. The number of rotatable bonds is 17. The minimum absolute atomic E-state index is 0.168. The molecule has 2 unspecified atom stereocenters. The van der Waals surface area contributed by atoms with E-state index in [0.717, 1.165) is 73.8 Å². The van der Waals surface area contributed by atoms with Crippen LogP contribution in [0.4, 0.5) is 26.7 Å². The maximum absolute atomic E-state index is 13.0. The Bertz CT molecular complexity index is 1260. The molecule has 45 heavy (non-hydrogen) atoms. The first-order valence-corrected chi connectivity index (χ1v) is 15.3. The summed E-state index contributed by atoms with van der Waals surface area (Å²) < 4.78 is 68.8. The fraction of sp³-hybridized carbons (Fsp3) is 0.562. The number of nitrogens with zero attached hydrogens (tertiary/aromatic N) is 2. The summed E-state index contributed by atoms with van der Waals surface area (Å²) in [4.78, 5) is 15.6. The second-order valence-electron chi connectivity index (χ2n) is 11.7. The van der Waals surface area contributed by atoms with Crippen molar-refractivity contribution in [2.24, 2.45) is 10.7 Å². The lowest BCUT2D eigenvalue weighted by molar-refractivity contribution is -0.284. The van der Waals surface area contributed by atoms with Crippen LogP contribution < -0.4 is 15.9 Å². The second-order valence-corrected chi connectivity index (χ2v) is 11.7. The summed E-state index contributed by atoms with van der Waals surface area (Å²) in [6.07, 6.45) is 1.41. The molecule has 0 aromatic heterocycles. The monoisotopic (exact) mass is 642 g/mol. The van der Waals surface area contributed by atoms with Gasteiger partial charge in [-0.3, -0.25) is 4.99 Å². The number of phenolic OH excluding ortho intramolecular Hbond substituents is 2. The molecule has 0 radical (unpaired) electrons. The molecule has 0 spiro atoms. The molecule has 250 valence electrons. The summed E-state index contributed by atoms with van der Waals surface area (Å²) in [6.45, 7) is 2.75. The van der Waals surface area contributed by atoms with Gasteiger partial charge in [-0.25, -0.2) is 15.2 Å². The zero-order valence-electron chi connectivity index (χ0n) is 25.5. The summed E-state index contributed by atoms with van der Waals surface area (Å²) in [5, 5.41) is 20.5. The first kappa shape index (κ1) is 35.9. The summed E-state index contributed by atoms with van der Waals surface area (Å²) >= 11 is 0. The smallest absolute Gasteiger partial charge is 0.453 e. The van der Waals surface area contributed by atoms with Crippen LogP contribution in [0.2, 0.25) is 0 Å². The van der Waals surface area contributed by atoms with Crippen molar-refractivity contribution in [3.8, 4) is 17.2 Å². The molecule has 1 aliphatic heterocycles. The highest BCUT2D eigenvalue weighted by Crippen LogP contribution is 2.49. The fourth-order valence-corrected chi connectivity index (χ4v) is 5.61. The Morgan fingerprint density at radius 1 is 1.00 bits per heavy atom. The standard InChI is InChI=1S/C32H43F5N4O4/c1-30(23-11-13-24(42)14-12-23)21-45-28-20-25(43)15-16-26(28)27(30)10-7-5-3-2-4-6-8-18-39-22-41(29(38)44)40-19-9-17-31(33,34)32(35,36)37/h11-16,20,22,27,40,42-43H,2-10,17-19,21H2,1H3,(H2,38,44). The zero-order chi connectivity index (χ0) is 33.1. The highest BCUT2D eigenvalue weighted by Gasteiger charge is 2.56. The van der Waals surface area contributed by atoms with E-state index >= 15 is 0 Å². The molecule has 3 rings (SSSR count). The average Bonchev–Trinajstić information content (AvgIpc) is 2.97. The van der Waals surface area contributed by atoms with Gasteiger partial charge in [0.1, 0.15) is 23.6 Å². The van der Waals surface area contributed by atoms with E-state index in [9.17, 15) is 37.0 Å². The number of halogens is 5. The SMILES string of the molecule is CC1(c2ccc(O)cc2)COc2cc(O)ccc2C1CCCCCCCCCN=CN(NCCCC(F)(F)C(F)(F)F)C(N)=O. The Morgan fingerprint density at radius 3 is 2.27 bits per heavy atom. The normalized spacial score (nSPS) is 18.5. The van der Waals surface area contributed by atoms with E-state index in [-0.39, 0.29) is 29.4 Å². The van der Waals surface area contributed by atoms with E-state index in [0.29, 0.717) is 18.9 Å². The Morgan fingerprint density at radius 2 is 1.62 bits per heavy atom. The van der Waals surface area contributed by atoms with Crippen LogP contribution in [0.3, 0.4) is 0 Å². The molecule has 8 nitrogen and oxygen atoms in total. The van der Waals surface area contributed by atoms with Crippen LogP contribution >= 0.6 is 0 Å². The van der Waals surface area contributed by atoms with Crippen molar-refractivity contribution in [1.82, 2.24) is 10.4 Å². The fourth-order valence-electron chi connectivity index (χ4n) is 5.61. The maximum atomic E-state index is 13.0. The van der Waals surface area contributed by atoms with Crippen molar-refractivity contribution < 1.29 is 41.7 Å².